The first kappa shape index (κ1) is 38.2. The van der Waals surface area contributed by atoms with Gasteiger partial charge in [-0.1, -0.05) is 13.5 Å². The summed E-state index contributed by atoms with van der Waals surface area (Å²) in [6.07, 6.45) is 3.50. The summed E-state index contributed by atoms with van der Waals surface area (Å²) in [6.45, 7) is 18.6. The van der Waals surface area contributed by atoms with Gasteiger partial charge in [-0.05, 0) is 98.8 Å². The van der Waals surface area contributed by atoms with Crippen molar-refractivity contribution in [3.63, 3.8) is 0 Å². The van der Waals surface area contributed by atoms with Crippen LogP contribution >= 0.6 is 0 Å². The van der Waals surface area contributed by atoms with Crippen LogP contribution in [0.4, 0.5) is 13.2 Å². The number of hydrogen-bond donors (Lipinski definition) is 0. The fourth-order valence-corrected chi connectivity index (χ4v) is 1.88. The lowest BCUT2D eigenvalue weighted by atomic mass is 10.2. The summed E-state index contributed by atoms with van der Waals surface area (Å²) < 4.78 is 57.0. The van der Waals surface area contributed by atoms with E-state index in [1.807, 2.05) is 40.7 Å². The molecular weight excluding hydrogens is 457 g/mol. The van der Waals surface area contributed by atoms with Gasteiger partial charge in [-0.15, -0.1) is 0 Å². The summed E-state index contributed by atoms with van der Waals surface area (Å²) in [7, 11) is 1.70. The zero-order valence-electron chi connectivity index (χ0n) is 23.2. The first-order valence-corrected chi connectivity index (χ1v) is 12.1. The van der Waals surface area contributed by atoms with Crippen molar-refractivity contribution in [2.75, 3.05) is 20.3 Å². The summed E-state index contributed by atoms with van der Waals surface area (Å²) >= 11 is 0. The largest absolute Gasteiger partial charge is 0.488 e. The minimum Gasteiger partial charge on any atom is -0.488 e. The molecule has 2 rings (SSSR count). The van der Waals surface area contributed by atoms with E-state index >= 15 is 0 Å². The number of aryl methyl sites for hydroxylation is 1. The maximum absolute atomic E-state index is 13.1. The third kappa shape index (κ3) is 30.7. The van der Waals surface area contributed by atoms with E-state index in [4.69, 9.17) is 14.2 Å². The van der Waals surface area contributed by atoms with Gasteiger partial charge >= 0.3 is 0 Å². The molecule has 0 N–H and O–H groups in total. The highest BCUT2D eigenvalue weighted by atomic mass is 19.3. The number of benzene rings is 1. The van der Waals surface area contributed by atoms with Crippen LogP contribution in [0.2, 0.25) is 0 Å². The predicted molar refractivity (Wildman–Crippen MR) is 141 cm³/mol. The van der Waals surface area contributed by atoms with Crippen LogP contribution in [-0.4, -0.2) is 50.7 Å². The molecule has 1 aliphatic rings. The van der Waals surface area contributed by atoms with Gasteiger partial charge in [-0.3, -0.25) is 0 Å². The summed E-state index contributed by atoms with van der Waals surface area (Å²) in [4.78, 5) is 0. The van der Waals surface area contributed by atoms with Gasteiger partial charge < -0.3 is 18.9 Å². The lowest BCUT2D eigenvalue weighted by Crippen LogP contribution is -2.21. The molecule has 0 aliphatic heterocycles. The molecule has 7 heteroatoms. The van der Waals surface area contributed by atoms with Crippen molar-refractivity contribution < 1.29 is 32.1 Å². The topological polar surface area (TPSA) is 36.9 Å². The van der Waals surface area contributed by atoms with Gasteiger partial charge in [0.1, 0.15) is 6.61 Å². The van der Waals surface area contributed by atoms with Gasteiger partial charge in [0.25, 0.3) is 5.92 Å². The molecule has 0 radical (unpaired) electrons. The Morgan fingerprint density at radius 1 is 0.886 bits per heavy atom. The zero-order chi connectivity index (χ0) is 26.9. The Balaban J connectivity index is -0.000000403. The Morgan fingerprint density at radius 3 is 1.66 bits per heavy atom. The highest BCUT2D eigenvalue weighted by Crippen LogP contribution is 2.29. The normalized spacial score (nSPS) is 12.7. The summed E-state index contributed by atoms with van der Waals surface area (Å²) in [6, 6.07) is 4.96. The van der Waals surface area contributed by atoms with Crippen molar-refractivity contribution in [1.29, 1.82) is 0 Å². The molecule has 1 fully saturated rings. The molecule has 1 aromatic rings. The van der Waals surface area contributed by atoms with E-state index in [-0.39, 0.29) is 25.5 Å². The molecule has 4 nitrogen and oxygen atoms in total. The van der Waals surface area contributed by atoms with Gasteiger partial charge in [-0.25, -0.2) is 13.2 Å². The summed E-state index contributed by atoms with van der Waals surface area (Å²) in [5, 5.41) is 0. The van der Waals surface area contributed by atoms with E-state index < -0.39 is 12.5 Å². The number of alkyl halides is 2. The molecular formula is C28H53F3O4. The Bertz CT molecular complexity index is 609. The van der Waals surface area contributed by atoms with Gasteiger partial charge in [0.2, 0.25) is 0 Å². The molecule has 210 valence electrons. The molecule has 0 atom stereocenters. The van der Waals surface area contributed by atoms with E-state index in [0.717, 1.165) is 25.0 Å². The number of hydrogen-bond acceptors (Lipinski definition) is 4. The summed E-state index contributed by atoms with van der Waals surface area (Å²) in [5.74, 6) is -1.73. The number of rotatable bonds is 9. The Hall–Kier alpha value is -1.31. The monoisotopic (exact) mass is 510 g/mol. The van der Waals surface area contributed by atoms with E-state index in [2.05, 4.69) is 18.6 Å². The molecule has 0 saturated heterocycles. The second-order valence-corrected chi connectivity index (χ2v) is 9.64. The third-order valence-electron chi connectivity index (χ3n) is 3.95. The van der Waals surface area contributed by atoms with Crippen LogP contribution in [0.25, 0.3) is 0 Å². The SMILES string of the molecule is C.CC(C)OCC(C)(F)F.CC(C)OCC1CC1.COC(C)C.Cc1ccc(OC(C)C)c(F)c1. The number of halogens is 3. The maximum atomic E-state index is 13.1. The number of methoxy groups -OCH3 is 1. The van der Waals surface area contributed by atoms with Gasteiger partial charge in [0, 0.05) is 20.6 Å². The fraction of sp³-hybridized carbons (Fsp3) is 0.786. The Labute approximate surface area is 213 Å². The van der Waals surface area contributed by atoms with E-state index in [9.17, 15) is 13.2 Å². The standard InChI is InChI=1S/C10H13FO.C7H14O.C6H12F2O.C4H10O.CH4/c1-7(2)12-10-5-4-8(3)6-9(10)11;1-6(2)8-5-7-3-4-7;1-5(2)9-4-6(3,7)8;1-4(2)5-3;/h4-7H,1-3H3;6-7H,3-5H2,1-2H3;5H,4H2,1-3H3;4H,1-3H3;1H4. The molecule has 0 amide bonds. The van der Waals surface area contributed by atoms with Crippen LogP contribution < -0.4 is 4.74 Å². The number of ether oxygens (including phenoxy) is 4. The first-order valence-electron chi connectivity index (χ1n) is 12.1. The smallest absolute Gasteiger partial charge is 0.268 e. The van der Waals surface area contributed by atoms with E-state index in [1.165, 1.54) is 18.9 Å². The van der Waals surface area contributed by atoms with Crippen molar-refractivity contribution in [3.05, 3.63) is 29.6 Å². The first-order chi connectivity index (χ1) is 15.6. The highest BCUT2D eigenvalue weighted by molar-refractivity contribution is 5.28. The Morgan fingerprint density at radius 2 is 1.37 bits per heavy atom. The van der Waals surface area contributed by atoms with Crippen molar-refractivity contribution in [2.45, 2.75) is 120 Å². The zero-order valence-corrected chi connectivity index (χ0v) is 23.2. The molecule has 35 heavy (non-hydrogen) atoms. The van der Waals surface area contributed by atoms with Crippen molar-refractivity contribution >= 4 is 0 Å². The van der Waals surface area contributed by atoms with Crippen molar-refractivity contribution in [1.82, 2.24) is 0 Å². The molecule has 0 aromatic heterocycles. The van der Waals surface area contributed by atoms with Crippen LogP contribution in [-0.2, 0) is 14.2 Å². The van der Waals surface area contributed by atoms with Crippen LogP contribution in [0.3, 0.4) is 0 Å². The predicted octanol–water partition coefficient (Wildman–Crippen LogP) is 8.49. The van der Waals surface area contributed by atoms with Crippen LogP contribution in [0.5, 0.6) is 5.75 Å². The fourth-order valence-electron chi connectivity index (χ4n) is 1.88. The lowest BCUT2D eigenvalue weighted by molar-refractivity contribution is -0.0791. The molecule has 0 heterocycles. The van der Waals surface area contributed by atoms with E-state index in [1.54, 1.807) is 27.0 Å². The minimum atomic E-state index is -2.69. The second kappa shape index (κ2) is 20.8. The quantitative estimate of drug-likeness (QED) is 0.334. The summed E-state index contributed by atoms with van der Waals surface area (Å²) in [5.41, 5.74) is 0.906. The lowest BCUT2D eigenvalue weighted by Gasteiger charge is -2.12. The van der Waals surface area contributed by atoms with Crippen LogP contribution in [0.15, 0.2) is 18.2 Å². The molecule has 1 aliphatic carbocycles. The van der Waals surface area contributed by atoms with Crippen molar-refractivity contribution in [3.8, 4) is 5.75 Å². The van der Waals surface area contributed by atoms with Crippen LogP contribution in [0, 0.1) is 18.7 Å². The molecule has 0 bridgehead atoms. The molecule has 0 spiro atoms. The second-order valence-electron chi connectivity index (χ2n) is 9.64. The molecule has 0 unspecified atom stereocenters. The van der Waals surface area contributed by atoms with Crippen molar-refractivity contribution in [2.24, 2.45) is 5.92 Å². The average molecular weight is 511 g/mol. The maximum Gasteiger partial charge on any atom is 0.268 e. The third-order valence-corrected chi connectivity index (χ3v) is 3.95. The van der Waals surface area contributed by atoms with Gasteiger partial charge in [0.05, 0.1) is 24.4 Å². The van der Waals surface area contributed by atoms with Gasteiger partial charge in [-0.2, -0.15) is 0 Å². The highest BCUT2D eigenvalue weighted by Gasteiger charge is 2.21. The van der Waals surface area contributed by atoms with Gasteiger partial charge in [0.15, 0.2) is 11.6 Å². The molecule has 1 saturated carbocycles. The van der Waals surface area contributed by atoms with Crippen LogP contribution in [0.1, 0.15) is 88.1 Å². The Kier molecular flexibility index (Phi) is 22.8. The average Bonchev–Trinajstić information content (AvgIpc) is 3.52. The van der Waals surface area contributed by atoms with E-state index in [0.29, 0.717) is 18.0 Å². The molecule has 1 aromatic carbocycles. The minimum absolute atomic E-state index is 0.